The van der Waals surface area contributed by atoms with E-state index in [0.29, 0.717) is 30.3 Å². The average Bonchev–Trinajstić information content (AvgIpc) is 3.07. The number of azo groups is 1. The second-order valence-electron chi connectivity index (χ2n) is 10.1. The minimum atomic E-state index is -3.94. The van der Waals surface area contributed by atoms with Gasteiger partial charge in [0.05, 0.1) is 37.5 Å². The fraction of sp³-hybridized carbons (Fsp3) is 0.118. The molecule has 0 aliphatic rings. The van der Waals surface area contributed by atoms with Gasteiger partial charge in [-0.1, -0.05) is 0 Å². The molecular formula is C34H30FN3O6S2. The predicted molar refractivity (Wildman–Crippen MR) is 172 cm³/mol. The molecule has 46 heavy (non-hydrogen) atoms. The predicted octanol–water partition coefficient (Wildman–Crippen LogP) is 7.52. The summed E-state index contributed by atoms with van der Waals surface area (Å²) in [6.45, 7) is 3.95. The summed E-state index contributed by atoms with van der Waals surface area (Å²) >= 11 is 0. The van der Waals surface area contributed by atoms with Gasteiger partial charge in [0.25, 0.3) is 0 Å². The lowest BCUT2D eigenvalue weighted by Gasteiger charge is -2.23. The van der Waals surface area contributed by atoms with Crippen molar-refractivity contribution >= 4 is 36.7 Å². The lowest BCUT2D eigenvalue weighted by atomic mass is 10.2. The molecule has 0 bridgehead atoms. The number of hydrogen-bond acceptors (Lipinski definition) is 9. The first-order valence-corrected chi connectivity index (χ1v) is 17.2. The molecule has 0 saturated heterocycles. The van der Waals surface area contributed by atoms with Crippen molar-refractivity contribution < 1.29 is 31.1 Å². The van der Waals surface area contributed by atoms with Gasteiger partial charge in [-0.05, 0) is 128 Å². The molecule has 0 heterocycles. The molecule has 12 heteroatoms. The van der Waals surface area contributed by atoms with Crippen molar-refractivity contribution in [2.45, 2.75) is 26.5 Å². The summed E-state index contributed by atoms with van der Waals surface area (Å²) in [6.07, 6.45) is 0. The Labute approximate surface area is 267 Å². The molecule has 0 aromatic heterocycles. The summed E-state index contributed by atoms with van der Waals surface area (Å²) in [6, 6.07) is 29.3. The van der Waals surface area contributed by atoms with E-state index in [1.54, 1.807) is 24.3 Å². The lowest BCUT2D eigenvalue weighted by Crippen LogP contribution is -2.27. The summed E-state index contributed by atoms with van der Waals surface area (Å²) in [5, 5.41) is 17.9. The van der Waals surface area contributed by atoms with Crippen LogP contribution in [0.1, 0.15) is 6.92 Å². The fourth-order valence-electron chi connectivity index (χ4n) is 4.51. The Bertz CT molecular complexity index is 2020. The molecule has 1 N–H and O–H groups in total. The molecule has 0 amide bonds. The third-order valence-corrected chi connectivity index (χ3v) is 10.6. The smallest absolute Gasteiger partial charge is 0.206 e. The van der Waals surface area contributed by atoms with Gasteiger partial charge in [-0.3, -0.25) is 0 Å². The van der Waals surface area contributed by atoms with Gasteiger partial charge >= 0.3 is 0 Å². The van der Waals surface area contributed by atoms with Crippen molar-refractivity contribution in [2.24, 2.45) is 10.2 Å². The number of nitrogens with zero attached hydrogens (tertiary/aromatic N) is 3. The minimum absolute atomic E-state index is 0.0130. The Balaban J connectivity index is 1.20. The minimum Gasteiger partial charge on any atom is -0.508 e. The van der Waals surface area contributed by atoms with E-state index in [1.807, 2.05) is 31.2 Å². The maximum Gasteiger partial charge on any atom is 0.206 e. The number of ether oxygens (including phenoxy) is 1. The van der Waals surface area contributed by atoms with Gasteiger partial charge in [-0.15, -0.1) is 0 Å². The highest BCUT2D eigenvalue weighted by Crippen LogP contribution is 2.28. The molecule has 5 aromatic rings. The van der Waals surface area contributed by atoms with Crippen molar-refractivity contribution in [3.05, 3.63) is 127 Å². The number of halogens is 1. The molecule has 0 radical (unpaired) electrons. The van der Waals surface area contributed by atoms with Crippen LogP contribution < -0.4 is 9.64 Å². The van der Waals surface area contributed by atoms with Crippen LogP contribution in [0, 0.1) is 5.82 Å². The number of aromatic hydroxyl groups is 1. The van der Waals surface area contributed by atoms with Gasteiger partial charge in [-0.2, -0.15) is 10.2 Å². The molecule has 0 spiro atoms. The number of likely N-dealkylation sites (N-methyl/N-ethyl adjacent to an activating group) is 1. The molecule has 5 aromatic carbocycles. The number of phenols is 1. The molecular weight excluding hydrogens is 630 g/mol. The van der Waals surface area contributed by atoms with Gasteiger partial charge < -0.3 is 14.7 Å². The first kappa shape index (κ1) is 32.3. The zero-order valence-corrected chi connectivity index (χ0v) is 26.3. The largest absolute Gasteiger partial charge is 0.508 e. The first-order chi connectivity index (χ1) is 22.1. The Hall–Kier alpha value is -5.07. The number of phenolic OH excluding ortho intramolecular Hbond substituents is 1. The van der Waals surface area contributed by atoms with Crippen molar-refractivity contribution in [3.8, 4) is 11.5 Å². The molecule has 0 aliphatic heterocycles. The first-order valence-electron chi connectivity index (χ1n) is 14.2. The number of rotatable bonds is 12. The van der Waals surface area contributed by atoms with Gasteiger partial charge in [0.2, 0.25) is 19.7 Å². The van der Waals surface area contributed by atoms with E-state index in [0.717, 1.165) is 36.5 Å². The number of benzene rings is 5. The topological polar surface area (TPSA) is 126 Å². The normalized spacial score (nSPS) is 11.9. The van der Waals surface area contributed by atoms with E-state index in [-0.39, 0.29) is 25.3 Å². The van der Waals surface area contributed by atoms with Crippen molar-refractivity contribution in [3.63, 3.8) is 0 Å². The van der Waals surface area contributed by atoms with Crippen molar-refractivity contribution in [1.82, 2.24) is 0 Å². The Morgan fingerprint density at radius 2 is 1.04 bits per heavy atom. The van der Waals surface area contributed by atoms with E-state index in [2.05, 4.69) is 15.1 Å². The van der Waals surface area contributed by atoms with Crippen LogP contribution in [0.3, 0.4) is 0 Å². The highest BCUT2D eigenvalue weighted by Gasteiger charge is 2.21. The number of hydrogen-bond donors (Lipinski definition) is 1. The molecule has 9 nitrogen and oxygen atoms in total. The molecule has 0 aliphatic carbocycles. The van der Waals surface area contributed by atoms with Crippen LogP contribution >= 0.6 is 0 Å². The van der Waals surface area contributed by atoms with Gasteiger partial charge in [-0.25, -0.2) is 21.2 Å². The van der Waals surface area contributed by atoms with E-state index >= 15 is 0 Å². The number of sulfone groups is 2. The molecule has 5 rings (SSSR count). The molecule has 0 fully saturated rings. The quantitative estimate of drug-likeness (QED) is 0.108. The van der Waals surface area contributed by atoms with E-state index < -0.39 is 25.5 Å². The summed E-state index contributed by atoms with van der Waals surface area (Å²) in [7, 11) is -7.87. The molecule has 0 saturated carbocycles. The highest BCUT2D eigenvalue weighted by atomic mass is 32.2. The fourth-order valence-corrected chi connectivity index (χ4v) is 7.03. The average molecular weight is 660 g/mol. The van der Waals surface area contributed by atoms with Gasteiger partial charge in [0.1, 0.15) is 23.9 Å². The number of anilines is 1. The van der Waals surface area contributed by atoms with Crippen LogP contribution in [0.15, 0.2) is 151 Å². The van der Waals surface area contributed by atoms with E-state index in [4.69, 9.17) is 4.74 Å². The zero-order chi connectivity index (χ0) is 32.7. The maximum absolute atomic E-state index is 13.2. The van der Waals surface area contributed by atoms with E-state index in [9.17, 15) is 26.3 Å². The zero-order valence-electron chi connectivity index (χ0n) is 24.7. The van der Waals surface area contributed by atoms with Gasteiger partial charge in [0, 0.05) is 12.2 Å². The summed E-state index contributed by atoms with van der Waals surface area (Å²) in [4.78, 5) is 1.88. The van der Waals surface area contributed by atoms with Crippen LogP contribution in [-0.4, -0.2) is 41.6 Å². The SMILES string of the molecule is CCN(CCOc1ccc(O)cc1)c1ccc(N=Nc2ccc(S(=O)(=O)c3ccc(S(=O)(=O)c4ccc(F)cc4)cc3)cc2)cc1. The lowest BCUT2D eigenvalue weighted by molar-refractivity contribution is 0.323. The second-order valence-corrected chi connectivity index (χ2v) is 14.0. The molecule has 0 atom stereocenters. The Morgan fingerprint density at radius 1 is 0.630 bits per heavy atom. The second kappa shape index (κ2) is 13.9. The maximum atomic E-state index is 13.2. The van der Waals surface area contributed by atoms with Crippen molar-refractivity contribution in [1.29, 1.82) is 0 Å². The Morgan fingerprint density at radius 3 is 1.50 bits per heavy atom. The monoisotopic (exact) mass is 659 g/mol. The van der Waals surface area contributed by atoms with Crippen LogP contribution in [0.25, 0.3) is 0 Å². The van der Waals surface area contributed by atoms with Crippen LogP contribution in [0.2, 0.25) is 0 Å². The highest BCUT2D eigenvalue weighted by molar-refractivity contribution is 7.92. The van der Waals surface area contributed by atoms with Crippen LogP contribution in [-0.2, 0) is 19.7 Å². The summed E-state index contributed by atoms with van der Waals surface area (Å²) < 4.78 is 71.0. The molecule has 0 unspecified atom stereocenters. The Kier molecular flexibility index (Phi) is 9.78. The summed E-state index contributed by atoms with van der Waals surface area (Å²) in [5.41, 5.74) is 2.06. The van der Waals surface area contributed by atoms with Crippen LogP contribution in [0.5, 0.6) is 11.5 Å². The van der Waals surface area contributed by atoms with Crippen LogP contribution in [0.4, 0.5) is 21.5 Å². The van der Waals surface area contributed by atoms with Gasteiger partial charge in [0.15, 0.2) is 0 Å². The third-order valence-electron chi connectivity index (χ3n) is 7.06. The molecule has 236 valence electrons. The van der Waals surface area contributed by atoms with Crippen molar-refractivity contribution in [2.75, 3.05) is 24.6 Å². The third kappa shape index (κ3) is 7.59. The van der Waals surface area contributed by atoms with E-state index in [1.165, 1.54) is 48.5 Å². The summed E-state index contributed by atoms with van der Waals surface area (Å²) in [5.74, 6) is 0.306. The standard InChI is InChI=1S/C34H30FN3O6S2/c1-2-38(23-24-44-30-13-11-29(39)12-14-30)28-9-5-26(6-10-28)36-37-27-7-17-32(18-8-27)46(42,43)34-21-19-33(20-22-34)45(40,41)31-15-3-25(35)4-16-31/h3-22,39H,2,23-24H2,1H3.